The first-order chi connectivity index (χ1) is 17.3. The molecule has 0 saturated carbocycles. The molecule has 0 N–H and O–H groups in total. The molecule has 0 heterocycles. The molecule has 0 atom stereocenters. The lowest BCUT2D eigenvalue weighted by Gasteiger charge is -2.36. The van der Waals surface area contributed by atoms with E-state index in [0.29, 0.717) is 11.8 Å². The van der Waals surface area contributed by atoms with Crippen LogP contribution in [0, 0.1) is 25.7 Å². The molecule has 0 spiro atoms. The summed E-state index contributed by atoms with van der Waals surface area (Å²) in [5, 5.41) is 0. The highest BCUT2D eigenvalue weighted by molar-refractivity contribution is 5.85. The molecule has 4 aromatic carbocycles. The van der Waals surface area contributed by atoms with Gasteiger partial charge in [0.15, 0.2) is 0 Å². The van der Waals surface area contributed by atoms with Gasteiger partial charge in [-0.05, 0) is 97.2 Å². The molecule has 0 bridgehead atoms. The van der Waals surface area contributed by atoms with Crippen molar-refractivity contribution in [1.29, 1.82) is 0 Å². The van der Waals surface area contributed by atoms with E-state index in [9.17, 15) is 0 Å². The van der Waals surface area contributed by atoms with Crippen molar-refractivity contribution < 1.29 is 0 Å². The minimum absolute atomic E-state index is 0.0382. The van der Waals surface area contributed by atoms with Gasteiger partial charge in [0.05, 0.1) is 0 Å². The van der Waals surface area contributed by atoms with E-state index in [2.05, 4.69) is 137 Å². The van der Waals surface area contributed by atoms with Crippen LogP contribution in [0.2, 0.25) is 0 Å². The summed E-state index contributed by atoms with van der Waals surface area (Å²) < 4.78 is 0. The summed E-state index contributed by atoms with van der Waals surface area (Å²) >= 11 is 0. The molecule has 0 aliphatic heterocycles. The molecule has 1 nitrogen and oxygen atoms in total. The van der Waals surface area contributed by atoms with Crippen LogP contribution >= 0.6 is 0 Å². The molecular weight excluding hydrogens is 434 g/mol. The molecule has 0 amide bonds. The fraction of sp³-hybridized carbons (Fsp3) is 0.314. The zero-order valence-corrected chi connectivity index (χ0v) is 22.7. The summed E-state index contributed by atoms with van der Waals surface area (Å²) in [5.41, 5.74) is 12.0. The number of rotatable bonds is 7. The predicted octanol–water partition coefficient (Wildman–Crippen LogP) is 10.1. The van der Waals surface area contributed by atoms with Crippen molar-refractivity contribution in [2.75, 3.05) is 4.90 Å². The van der Waals surface area contributed by atoms with E-state index in [1.807, 2.05) is 0 Å². The fourth-order valence-electron chi connectivity index (χ4n) is 6.33. The Hall–Kier alpha value is -3.32. The van der Waals surface area contributed by atoms with Gasteiger partial charge in [-0.1, -0.05) is 93.4 Å². The van der Waals surface area contributed by atoms with Crippen molar-refractivity contribution in [2.45, 2.75) is 59.8 Å². The number of benzene rings is 4. The van der Waals surface area contributed by atoms with Crippen molar-refractivity contribution in [2.24, 2.45) is 11.8 Å². The molecule has 0 aromatic heterocycles. The van der Waals surface area contributed by atoms with Crippen LogP contribution in [0.4, 0.5) is 17.1 Å². The molecule has 0 radical (unpaired) electrons. The van der Waals surface area contributed by atoms with Crippen LogP contribution in [0.5, 0.6) is 0 Å². The van der Waals surface area contributed by atoms with Crippen LogP contribution in [0.15, 0.2) is 91.0 Å². The molecular formula is C35H39N. The maximum Gasteiger partial charge on any atom is 0.0465 e. The number of hydrogen-bond acceptors (Lipinski definition) is 1. The number of nitrogens with zero attached hydrogens (tertiary/aromatic N) is 1. The Morgan fingerprint density at radius 2 is 1.03 bits per heavy atom. The van der Waals surface area contributed by atoms with E-state index in [1.54, 1.807) is 0 Å². The summed E-state index contributed by atoms with van der Waals surface area (Å²) in [6.45, 7) is 13.8. The van der Waals surface area contributed by atoms with Crippen molar-refractivity contribution in [1.82, 2.24) is 0 Å². The Labute approximate surface area is 217 Å². The Balaban J connectivity index is 1.73. The van der Waals surface area contributed by atoms with Crippen molar-refractivity contribution in [3.05, 3.63) is 113 Å². The summed E-state index contributed by atoms with van der Waals surface area (Å²) in [6, 6.07) is 34.1. The van der Waals surface area contributed by atoms with Gasteiger partial charge < -0.3 is 4.90 Å². The van der Waals surface area contributed by atoms with Gasteiger partial charge in [0.2, 0.25) is 0 Å². The highest BCUT2D eigenvalue weighted by Crippen LogP contribution is 2.56. The highest BCUT2D eigenvalue weighted by atomic mass is 15.1. The van der Waals surface area contributed by atoms with E-state index in [1.165, 1.54) is 50.4 Å². The second kappa shape index (κ2) is 9.62. The molecule has 0 unspecified atom stereocenters. The number of aryl methyl sites for hydroxylation is 2. The topological polar surface area (TPSA) is 3.24 Å². The average Bonchev–Trinajstić information content (AvgIpc) is 3.10. The number of hydrogen-bond donors (Lipinski definition) is 0. The average molecular weight is 474 g/mol. The summed E-state index contributed by atoms with van der Waals surface area (Å²) in [7, 11) is 0. The molecule has 1 heteroatoms. The standard InChI is InChI=1S/C35H39N/c1-24(2)22-35(23-25(3)4)33-10-8-7-9-31(33)32-20-19-30(21-34(32)35)36(28-15-11-26(5)12-16-28)29-17-13-27(6)14-18-29/h7-21,24-25H,22-23H2,1-6H3. The van der Waals surface area contributed by atoms with Crippen molar-refractivity contribution in [3.63, 3.8) is 0 Å². The van der Waals surface area contributed by atoms with Crippen LogP contribution < -0.4 is 4.90 Å². The van der Waals surface area contributed by atoms with E-state index in [0.717, 1.165) is 12.8 Å². The minimum Gasteiger partial charge on any atom is -0.310 e. The largest absolute Gasteiger partial charge is 0.310 e. The van der Waals surface area contributed by atoms with Gasteiger partial charge in [-0.2, -0.15) is 0 Å². The maximum absolute atomic E-state index is 2.50. The first-order valence-electron chi connectivity index (χ1n) is 13.5. The number of anilines is 3. The highest BCUT2D eigenvalue weighted by Gasteiger charge is 2.44. The van der Waals surface area contributed by atoms with E-state index < -0.39 is 0 Å². The quantitative estimate of drug-likeness (QED) is 0.258. The van der Waals surface area contributed by atoms with Crippen LogP contribution in [0.1, 0.15) is 62.8 Å². The third-order valence-corrected chi connectivity index (χ3v) is 7.61. The second-order valence-electron chi connectivity index (χ2n) is 11.6. The van der Waals surface area contributed by atoms with Gasteiger partial charge in [0.1, 0.15) is 0 Å². The predicted molar refractivity (Wildman–Crippen MR) is 156 cm³/mol. The monoisotopic (exact) mass is 473 g/mol. The molecule has 4 aromatic rings. The Bertz CT molecular complexity index is 1290. The molecule has 0 saturated heterocycles. The van der Waals surface area contributed by atoms with Gasteiger partial charge in [0.25, 0.3) is 0 Å². The molecule has 5 rings (SSSR count). The van der Waals surface area contributed by atoms with E-state index >= 15 is 0 Å². The Morgan fingerprint density at radius 1 is 0.556 bits per heavy atom. The molecule has 0 fully saturated rings. The van der Waals surface area contributed by atoms with Crippen LogP contribution in [0.25, 0.3) is 11.1 Å². The zero-order chi connectivity index (χ0) is 25.4. The summed E-state index contributed by atoms with van der Waals surface area (Å²) in [4.78, 5) is 2.41. The smallest absolute Gasteiger partial charge is 0.0465 e. The molecule has 1 aliphatic rings. The van der Waals surface area contributed by atoms with Gasteiger partial charge in [0, 0.05) is 22.5 Å². The van der Waals surface area contributed by atoms with E-state index in [-0.39, 0.29) is 5.41 Å². The van der Waals surface area contributed by atoms with Crippen molar-refractivity contribution in [3.8, 4) is 11.1 Å². The number of fused-ring (bicyclic) bond motifs is 3. The maximum atomic E-state index is 2.50. The molecule has 184 valence electrons. The summed E-state index contributed by atoms with van der Waals surface area (Å²) in [6.07, 6.45) is 2.32. The lowest BCUT2D eigenvalue weighted by molar-refractivity contribution is 0.337. The van der Waals surface area contributed by atoms with Gasteiger partial charge >= 0.3 is 0 Å². The first-order valence-corrected chi connectivity index (χ1v) is 13.5. The zero-order valence-electron chi connectivity index (χ0n) is 22.7. The third kappa shape index (κ3) is 4.37. The molecule has 1 aliphatic carbocycles. The van der Waals surface area contributed by atoms with Gasteiger partial charge in [-0.25, -0.2) is 0 Å². The SMILES string of the molecule is Cc1ccc(N(c2ccc(C)cc2)c2ccc3c(c2)C(CC(C)C)(CC(C)C)c2ccccc2-3)cc1. The van der Waals surface area contributed by atoms with Crippen LogP contribution in [-0.2, 0) is 5.41 Å². The first kappa shape index (κ1) is 24.4. The Morgan fingerprint density at radius 3 is 1.56 bits per heavy atom. The Kier molecular flexibility index (Phi) is 6.51. The fourth-order valence-corrected chi connectivity index (χ4v) is 6.33. The lowest BCUT2D eigenvalue weighted by Crippen LogP contribution is -2.29. The van der Waals surface area contributed by atoms with Crippen molar-refractivity contribution >= 4 is 17.1 Å². The normalized spacial score (nSPS) is 13.7. The molecule has 36 heavy (non-hydrogen) atoms. The van der Waals surface area contributed by atoms with Gasteiger partial charge in [-0.15, -0.1) is 0 Å². The third-order valence-electron chi connectivity index (χ3n) is 7.61. The minimum atomic E-state index is 0.0382. The van der Waals surface area contributed by atoms with E-state index in [4.69, 9.17) is 0 Å². The summed E-state index contributed by atoms with van der Waals surface area (Å²) in [5.74, 6) is 1.22. The lowest BCUT2D eigenvalue weighted by atomic mass is 9.68. The van der Waals surface area contributed by atoms with Gasteiger partial charge in [-0.3, -0.25) is 0 Å². The van der Waals surface area contributed by atoms with Crippen LogP contribution in [-0.4, -0.2) is 0 Å². The van der Waals surface area contributed by atoms with Crippen LogP contribution in [0.3, 0.4) is 0 Å². The second-order valence-corrected chi connectivity index (χ2v) is 11.6.